The van der Waals surface area contributed by atoms with Gasteiger partial charge in [-0.1, -0.05) is 0 Å². The SMILES string of the molecule is O=S(=O)(Cl)CC1CCCNCC1. The summed E-state index contributed by atoms with van der Waals surface area (Å²) in [5.74, 6) is 0.387. The van der Waals surface area contributed by atoms with E-state index in [9.17, 15) is 8.42 Å². The lowest BCUT2D eigenvalue weighted by Gasteiger charge is -2.09. The number of hydrogen-bond acceptors (Lipinski definition) is 3. The molecular formula is C7H14ClNO2S. The number of hydrogen-bond donors (Lipinski definition) is 1. The Kier molecular flexibility index (Phi) is 3.80. The van der Waals surface area contributed by atoms with Crippen LogP contribution in [0.25, 0.3) is 0 Å². The fourth-order valence-electron chi connectivity index (χ4n) is 1.54. The van der Waals surface area contributed by atoms with E-state index < -0.39 is 9.05 Å². The molecule has 3 nitrogen and oxygen atoms in total. The Morgan fingerprint density at radius 3 is 2.75 bits per heavy atom. The highest BCUT2D eigenvalue weighted by Crippen LogP contribution is 2.17. The first-order valence-electron chi connectivity index (χ1n) is 4.21. The summed E-state index contributed by atoms with van der Waals surface area (Å²) in [5, 5.41) is 3.23. The lowest BCUT2D eigenvalue weighted by Crippen LogP contribution is -2.16. The van der Waals surface area contributed by atoms with Crippen LogP contribution in [0.4, 0.5) is 0 Å². The molecule has 0 aliphatic carbocycles. The fraction of sp³-hybridized carbons (Fsp3) is 1.00. The van der Waals surface area contributed by atoms with Crippen LogP contribution in [0.1, 0.15) is 19.3 Å². The predicted molar refractivity (Wildman–Crippen MR) is 49.9 cm³/mol. The summed E-state index contributed by atoms with van der Waals surface area (Å²) in [6.07, 6.45) is 2.95. The van der Waals surface area contributed by atoms with Crippen molar-refractivity contribution in [2.24, 2.45) is 5.92 Å². The zero-order valence-corrected chi connectivity index (χ0v) is 8.50. The van der Waals surface area contributed by atoms with Crippen LogP contribution in [0, 0.1) is 5.92 Å². The van der Waals surface area contributed by atoms with Crippen molar-refractivity contribution in [2.75, 3.05) is 18.8 Å². The molecule has 1 aliphatic rings. The third-order valence-electron chi connectivity index (χ3n) is 2.13. The first-order chi connectivity index (χ1) is 5.58. The molecule has 1 unspecified atom stereocenters. The normalized spacial score (nSPS) is 26.6. The van der Waals surface area contributed by atoms with Gasteiger partial charge in [0.15, 0.2) is 0 Å². The highest BCUT2D eigenvalue weighted by atomic mass is 35.7. The minimum Gasteiger partial charge on any atom is -0.317 e. The second-order valence-electron chi connectivity index (χ2n) is 3.25. The average Bonchev–Trinajstić information content (AvgIpc) is 2.12. The van der Waals surface area contributed by atoms with Gasteiger partial charge in [-0.25, -0.2) is 8.42 Å². The van der Waals surface area contributed by atoms with Crippen molar-refractivity contribution < 1.29 is 8.42 Å². The van der Waals surface area contributed by atoms with Crippen molar-refractivity contribution in [2.45, 2.75) is 19.3 Å². The van der Waals surface area contributed by atoms with Crippen LogP contribution in [0.3, 0.4) is 0 Å². The van der Waals surface area contributed by atoms with E-state index in [-0.39, 0.29) is 11.7 Å². The van der Waals surface area contributed by atoms with Crippen LogP contribution in [0.2, 0.25) is 0 Å². The second kappa shape index (κ2) is 4.44. The number of nitrogens with one attached hydrogen (secondary N) is 1. The van der Waals surface area contributed by atoms with Crippen LogP contribution in [-0.4, -0.2) is 27.3 Å². The van der Waals surface area contributed by atoms with E-state index in [2.05, 4.69) is 5.32 Å². The molecule has 0 spiro atoms. The summed E-state index contributed by atoms with van der Waals surface area (Å²) < 4.78 is 21.5. The van der Waals surface area contributed by atoms with Gasteiger partial charge in [-0.2, -0.15) is 0 Å². The summed E-state index contributed by atoms with van der Waals surface area (Å²) in [7, 11) is 1.88. The Labute approximate surface area is 77.9 Å². The molecule has 1 rings (SSSR count). The molecule has 0 aromatic heterocycles. The monoisotopic (exact) mass is 211 g/mol. The highest BCUT2D eigenvalue weighted by Gasteiger charge is 2.17. The molecule has 0 saturated carbocycles. The van der Waals surface area contributed by atoms with Crippen LogP contribution < -0.4 is 5.32 Å². The minimum atomic E-state index is -3.30. The molecular weight excluding hydrogens is 198 g/mol. The van der Waals surface area contributed by atoms with Crippen molar-refractivity contribution in [3.8, 4) is 0 Å². The largest absolute Gasteiger partial charge is 0.317 e. The second-order valence-corrected chi connectivity index (χ2v) is 6.07. The minimum absolute atomic E-state index is 0.135. The first-order valence-corrected chi connectivity index (χ1v) is 6.69. The van der Waals surface area contributed by atoms with E-state index in [1.165, 1.54) is 0 Å². The van der Waals surface area contributed by atoms with Crippen molar-refractivity contribution in [3.05, 3.63) is 0 Å². The topological polar surface area (TPSA) is 46.2 Å². The van der Waals surface area contributed by atoms with Gasteiger partial charge in [-0.3, -0.25) is 0 Å². The molecule has 5 heteroatoms. The Morgan fingerprint density at radius 2 is 2.08 bits per heavy atom. The molecule has 1 fully saturated rings. The fourth-order valence-corrected chi connectivity index (χ4v) is 2.97. The maximum Gasteiger partial charge on any atom is 0.232 e. The Bertz CT molecular complexity index is 220. The van der Waals surface area contributed by atoms with Crippen molar-refractivity contribution in [3.63, 3.8) is 0 Å². The molecule has 1 heterocycles. The Balaban J connectivity index is 2.40. The summed E-state index contributed by atoms with van der Waals surface area (Å²) in [6, 6.07) is 0. The van der Waals surface area contributed by atoms with E-state index in [0.29, 0.717) is 0 Å². The third-order valence-corrected chi connectivity index (χ3v) is 3.38. The zero-order chi connectivity index (χ0) is 9.03. The number of rotatable bonds is 2. The molecule has 72 valence electrons. The van der Waals surface area contributed by atoms with Crippen molar-refractivity contribution in [1.82, 2.24) is 5.32 Å². The van der Waals surface area contributed by atoms with E-state index in [0.717, 1.165) is 32.4 Å². The van der Waals surface area contributed by atoms with Gasteiger partial charge in [0.25, 0.3) is 0 Å². The smallest absolute Gasteiger partial charge is 0.232 e. The Hall–Kier alpha value is 0.200. The van der Waals surface area contributed by atoms with Crippen LogP contribution in [-0.2, 0) is 9.05 Å². The highest BCUT2D eigenvalue weighted by molar-refractivity contribution is 8.13. The van der Waals surface area contributed by atoms with Crippen LogP contribution in [0.15, 0.2) is 0 Å². The summed E-state index contributed by atoms with van der Waals surface area (Å²) in [5.41, 5.74) is 0. The molecule has 1 saturated heterocycles. The van der Waals surface area contributed by atoms with Gasteiger partial charge in [-0.05, 0) is 38.3 Å². The van der Waals surface area contributed by atoms with E-state index >= 15 is 0 Å². The average molecular weight is 212 g/mol. The maximum absolute atomic E-state index is 10.8. The zero-order valence-electron chi connectivity index (χ0n) is 6.92. The van der Waals surface area contributed by atoms with Gasteiger partial charge in [-0.15, -0.1) is 0 Å². The molecule has 0 amide bonds. The molecule has 0 bridgehead atoms. The predicted octanol–water partition coefficient (Wildman–Crippen LogP) is 0.945. The van der Waals surface area contributed by atoms with Crippen molar-refractivity contribution in [1.29, 1.82) is 0 Å². The summed E-state index contributed by atoms with van der Waals surface area (Å²) in [4.78, 5) is 0. The van der Waals surface area contributed by atoms with Crippen LogP contribution in [0.5, 0.6) is 0 Å². The molecule has 0 radical (unpaired) electrons. The standard InChI is InChI=1S/C7H14ClNO2S/c8-12(10,11)6-7-2-1-4-9-5-3-7/h7,9H,1-6H2. The van der Waals surface area contributed by atoms with E-state index in [1.807, 2.05) is 0 Å². The van der Waals surface area contributed by atoms with Gasteiger partial charge < -0.3 is 5.32 Å². The van der Waals surface area contributed by atoms with E-state index in [1.54, 1.807) is 0 Å². The third kappa shape index (κ3) is 4.28. The molecule has 0 aromatic rings. The molecule has 1 atom stereocenters. The van der Waals surface area contributed by atoms with Gasteiger partial charge in [0.1, 0.15) is 0 Å². The van der Waals surface area contributed by atoms with E-state index in [4.69, 9.17) is 10.7 Å². The lowest BCUT2D eigenvalue weighted by atomic mass is 10.0. The quantitative estimate of drug-likeness (QED) is 0.692. The summed E-state index contributed by atoms with van der Waals surface area (Å²) in [6.45, 7) is 1.91. The molecule has 12 heavy (non-hydrogen) atoms. The van der Waals surface area contributed by atoms with Crippen molar-refractivity contribution >= 4 is 19.7 Å². The molecule has 0 aromatic carbocycles. The van der Waals surface area contributed by atoms with Gasteiger partial charge in [0.2, 0.25) is 9.05 Å². The van der Waals surface area contributed by atoms with Gasteiger partial charge in [0.05, 0.1) is 5.75 Å². The lowest BCUT2D eigenvalue weighted by molar-refractivity contribution is 0.510. The Morgan fingerprint density at radius 1 is 1.33 bits per heavy atom. The molecule has 1 aliphatic heterocycles. The first kappa shape index (κ1) is 10.3. The molecule has 1 N–H and O–H groups in total. The number of halogens is 1. The van der Waals surface area contributed by atoms with Gasteiger partial charge in [0, 0.05) is 10.7 Å². The summed E-state index contributed by atoms with van der Waals surface area (Å²) >= 11 is 0. The van der Waals surface area contributed by atoms with Gasteiger partial charge >= 0.3 is 0 Å². The van der Waals surface area contributed by atoms with Crippen LogP contribution >= 0.6 is 10.7 Å². The maximum atomic E-state index is 10.8.